The van der Waals surface area contributed by atoms with Gasteiger partial charge in [-0.1, -0.05) is 12.1 Å². The van der Waals surface area contributed by atoms with Gasteiger partial charge in [-0.05, 0) is 48.7 Å². The predicted octanol–water partition coefficient (Wildman–Crippen LogP) is 3.36. The highest BCUT2D eigenvalue weighted by Gasteiger charge is 2.28. The molecule has 1 aromatic carbocycles. The number of amides is 2. The summed E-state index contributed by atoms with van der Waals surface area (Å²) in [6.07, 6.45) is 4.96. The van der Waals surface area contributed by atoms with Crippen molar-refractivity contribution in [3.8, 4) is 11.3 Å². The fraction of sp³-hybridized carbons (Fsp3) is 0.360. The molecule has 0 unspecified atom stereocenters. The molecule has 2 amide bonds. The molecule has 1 aliphatic rings. The molecule has 34 heavy (non-hydrogen) atoms. The molecule has 3 heterocycles. The molecule has 1 fully saturated rings. The van der Waals surface area contributed by atoms with Gasteiger partial charge in [0, 0.05) is 56.3 Å². The van der Waals surface area contributed by atoms with E-state index >= 15 is 0 Å². The number of pyridine rings is 1. The second-order valence-corrected chi connectivity index (χ2v) is 8.41. The summed E-state index contributed by atoms with van der Waals surface area (Å²) in [5.74, 6) is -0.310. The summed E-state index contributed by atoms with van der Waals surface area (Å²) < 4.78 is 19.9. The number of aromatic nitrogens is 3. The zero-order chi connectivity index (χ0) is 24.1. The molecule has 1 saturated heterocycles. The van der Waals surface area contributed by atoms with Crippen LogP contribution in [0.1, 0.15) is 24.1 Å². The van der Waals surface area contributed by atoms with Crippen molar-refractivity contribution in [2.45, 2.75) is 31.8 Å². The lowest BCUT2D eigenvalue weighted by Crippen LogP contribution is -2.48. The highest BCUT2D eigenvalue weighted by atomic mass is 19.1. The minimum absolute atomic E-state index is 0.0242. The molecule has 3 aromatic rings. The van der Waals surface area contributed by atoms with E-state index in [1.165, 1.54) is 19.2 Å². The quantitative estimate of drug-likeness (QED) is 0.558. The van der Waals surface area contributed by atoms with Gasteiger partial charge in [0.2, 0.25) is 5.91 Å². The van der Waals surface area contributed by atoms with Crippen molar-refractivity contribution in [2.24, 2.45) is 0 Å². The first kappa shape index (κ1) is 23.4. The molecule has 0 atom stereocenters. The van der Waals surface area contributed by atoms with Crippen LogP contribution >= 0.6 is 0 Å². The first-order valence-corrected chi connectivity index (χ1v) is 11.2. The molecule has 178 valence electrons. The highest BCUT2D eigenvalue weighted by Crippen LogP contribution is 2.22. The lowest BCUT2D eigenvalue weighted by Gasteiger charge is -2.36. The number of rotatable bonds is 6. The van der Waals surface area contributed by atoms with Crippen molar-refractivity contribution in [3.05, 3.63) is 71.9 Å². The van der Waals surface area contributed by atoms with Crippen LogP contribution in [0.5, 0.6) is 0 Å². The number of hydrogen-bond acceptors (Lipinski definition) is 5. The van der Waals surface area contributed by atoms with Crippen LogP contribution < -0.4 is 0 Å². The van der Waals surface area contributed by atoms with Crippen molar-refractivity contribution in [1.29, 1.82) is 0 Å². The van der Waals surface area contributed by atoms with Gasteiger partial charge in [-0.15, -0.1) is 0 Å². The lowest BCUT2D eigenvalue weighted by molar-refractivity contribution is -0.133. The van der Waals surface area contributed by atoms with E-state index in [-0.39, 0.29) is 30.4 Å². The van der Waals surface area contributed by atoms with Gasteiger partial charge in [0.05, 0.1) is 12.8 Å². The molecule has 0 aliphatic carbocycles. The first-order chi connectivity index (χ1) is 16.4. The standard InChI is InChI=1S/C25H28FN5O3/c1-29(25(33)34-2)21-9-13-30(14-10-21)24(32)17-31-22(15-18-3-5-20(26)6-4-18)16-23(28-31)19-7-11-27-12-8-19/h3-8,11-12,16,21H,9-10,13-15,17H2,1-2H3. The van der Waals surface area contributed by atoms with Gasteiger partial charge in [0.15, 0.2) is 0 Å². The predicted molar refractivity (Wildman–Crippen MR) is 124 cm³/mol. The Morgan fingerprint density at radius 2 is 1.79 bits per heavy atom. The SMILES string of the molecule is COC(=O)N(C)C1CCN(C(=O)Cn2nc(-c3ccncc3)cc2Cc2ccc(F)cc2)CC1. The molecule has 4 rings (SSSR count). The van der Waals surface area contributed by atoms with Crippen molar-refractivity contribution in [3.63, 3.8) is 0 Å². The molecular weight excluding hydrogens is 437 g/mol. The summed E-state index contributed by atoms with van der Waals surface area (Å²) in [4.78, 5) is 32.4. The molecule has 0 N–H and O–H groups in total. The topological polar surface area (TPSA) is 80.6 Å². The van der Waals surface area contributed by atoms with E-state index in [0.717, 1.165) is 22.5 Å². The third kappa shape index (κ3) is 5.41. The van der Waals surface area contributed by atoms with Crippen LogP contribution in [0.2, 0.25) is 0 Å². The highest BCUT2D eigenvalue weighted by molar-refractivity contribution is 5.76. The van der Waals surface area contributed by atoms with Gasteiger partial charge >= 0.3 is 6.09 Å². The summed E-state index contributed by atoms with van der Waals surface area (Å²) in [7, 11) is 3.09. The summed E-state index contributed by atoms with van der Waals surface area (Å²) in [6.45, 7) is 1.24. The fourth-order valence-corrected chi connectivity index (χ4v) is 4.23. The van der Waals surface area contributed by atoms with Crippen molar-refractivity contribution >= 4 is 12.0 Å². The van der Waals surface area contributed by atoms with E-state index in [0.29, 0.717) is 32.4 Å². The number of carbonyl (C=O) groups is 2. The lowest BCUT2D eigenvalue weighted by atomic mass is 10.0. The van der Waals surface area contributed by atoms with E-state index in [9.17, 15) is 14.0 Å². The Morgan fingerprint density at radius 3 is 2.44 bits per heavy atom. The maximum Gasteiger partial charge on any atom is 0.409 e. The molecule has 2 aromatic heterocycles. The number of likely N-dealkylation sites (tertiary alicyclic amines) is 1. The second-order valence-electron chi connectivity index (χ2n) is 8.41. The zero-order valence-electron chi connectivity index (χ0n) is 19.4. The van der Waals surface area contributed by atoms with E-state index < -0.39 is 0 Å². The van der Waals surface area contributed by atoms with Gasteiger partial charge < -0.3 is 14.5 Å². The maximum atomic E-state index is 13.3. The normalized spacial score (nSPS) is 14.1. The molecule has 8 nitrogen and oxygen atoms in total. The number of hydrogen-bond donors (Lipinski definition) is 0. The summed E-state index contributed by atoms with van der Waals surface area (Å²) >= 11 is 0. The van der Waals surface area contributed by atoms with E-state index in [1.807, 2.05) is 23.1 Å². The minimum Gasteiger partial charge on any atom is -0.453 e. The Bertz CT molecular complexity index is 1130. The molecule has 0 spiro atoms. The average Bonchev–Trinajstić information content (AvgIpc) is 3.27. The third-order valence-corrected chi connectivity index (χ3v) is 6.25. The molecule has 0 bridgehead atoms. The maximum absolute atomic E-state index is 13.3. The summed E-state index contributed by atoms with van der Waals surface area (Å²) in [6, 6.07) is 12.1. The number of nitrogens with zero attached hydrogens (tertiary/aromatic N) is 5. The average molecular weight is 466 g/mol. The molecular formula is C25H28FN5O3. The van der Waals surface area contributed by atoms with E-state index in [1.54, 1.807) is 41.2 Å². The monoisotopic (exact) mass is 465 g/mol. The van der Waals surface area contributed by atoms with Gasteiger partial charge in [-0.2, -0.15) is 5.10 Å². The fourth-order valence-electron chi connectivity index (χ4n) is 4.23. The van der Waals surface area contributed by atoms with Crippen LogP contribution in [0.4, 0.5) is 9.18 Å². The Kier molecular flexibility index (Phi) is 7.20. The third-order valence-electron chi connectivity index (χ3n) is 6.25. The Labute approximate surface area is 198 Å². The molecule has 0 radical (unpaired) electrons. The summed E-state index contributed by atoms with van der Waals surface area (Å²) in [5, 5.41) is 4.70. The zero-order valence-corrected chi connectivity index (χ0v) is 19.4. The Morgan fingerprint density at radius 1 is 1.12 bits per heavy atom. The van der Waals surface area contributed by atoms with Gasteiger partial charge in [-0.25, -0.2) is 9.18 Å². The molecule has 9 heteroatoms. The Balaban J connectivity index is 1.49. The largest absolute Gasteiger partial charge is 0.453 e. The smallest absolute Gasteiger partial charge is 0.409 e. The van der Waals surface area contributed by atoms with Crippen molar-refractivity contribution in [2.75, 3.05) is 27.2 Å². The number of halogens is 1. The molecule has 0 saturated carbocycles. The van der Waals surface area contributed by atoms with Crippen LogP contribution in [0, 0.1) is 5.82 Å². The first-order valence-electron chi connectivity index (χ1n) is 11.2. The van der Waals surface area contributed by atoms with Crippen LogP contribution in [-0.2, 0) is 22.5 Å². The number of ether oxygens (including phenoxy) is 1. The number of methoxy groups -OCH3 is 1. The van der Waals surface area contributed by atoms with Gasteiger partial charge in [0.25, 0.3) is 0 Å². The van der Waals surface area contributed by atoms with Gasteiger partial charge in [-0.3, -0.25) is 14.5 Å². The minimum atomic E-state index is -0.365. The number of carbonyl (C=O) groups excluding carboxylic acids is 2. The van der Waals surface area contributed by atoms with Crippen LogP contribution in [-0.4, -0.2) is 69.9 Å². The second kappa shape index (κ2) is 10.5. The summed E-state index contributed by atoms with van der Waals surface area (Å²) in [5.41, 5.74) is 3.47. The Hall–Kier alpha value is -3.75. The van der Waals surface area contributed by atoms with Crippen LogP contribution in [0.3, 0.4) is 0 Å². The van der Waals surface area contributed by atoms with Gasteiger partial charge in [0.1, 0.15) is 12.4 Å². The number of benzene rings is 1. The van der Waals surface area contributed by atoms with Crippen LogP contribution in [0.25, 0.3) is 11.3 Å². The van der Waals surface area contributed by atoms with Crippen LogP contribution in [0.15, 0.2) is 54.9 Å². The van der Waals surface area contributed by atoms with E-state index in [2.05, 4.69) is 4.98 Å². The van der Waals surface area contributed by atoms with Crippen molar-refractivity contribution < 1.29 is 18.7 Å². The number of piperidine rings is 1. The van der Waals surface area contributed by atoms with Crippen molar-refractivity contribution in [1.82, 2.24) is 24.6 Å². The molecule has 1 aliphatic heterocycles. The van der Waals surface area contributed by atoms with E-state index in [4.69, 9.17) is 9.84 Å².